The van der Waals surface area contributed by atoms with Gasteiger partial charge in [0.15, 0.2) is 0 Å². The molecule has 0 spiro atoms. The molecule has 0 bridgehead atoms. The molecule has 2 aromatic carbocycles. The van der Waals surface area contributed by atoms with Crippen LogP contribution in [0.1, 0.15) is 30.5 Å². The van der Waals surface area contributed by atoms with Crippen LogP contribution in [0.15, 0.2) is 38.8 Å². The summed E-state index contributed by atoms with van der Waals surface area (Å²) in [5.41, 5.74) is 4.13. The Kier molecular flexibility index (Phi) is 6.53. The van der Waals surface area contributed by atoms with Gasteiger partial charge in [-0.2, -0.15) is 0 Å². The third-order valence-corrected chi connectivity index (χ3v) is 7.51. The van der Waals surface area contributed by atoms with Crippen LogP contribution in [0.5, 0.6) is 0 Å². The minimum absolute atomic E-state index is 0.100. The Bertz CT molecular complexity index is 1610. The van der Waals surface area contributed by atoms with Gasteiger partial charge in [-0.05, 0) is 50.5 Å². The summed E-state index contributed by atoms with van der Waals surface area (Å²) in [6, 6.07) is 6.99. The molecule has 0 atom stereocenters. The highest BCUT2D eigenvalue weighted by Gasteiger charge is 2.20. The molecule has 1 saturated heterocycles. The number of nitrogens with zero attached hydrogens (tertiary/aromatic N) is 5. The van der Waals surface area contributed by atoms with E-state index in [-0.39, 0.29) is 21.3 Å². The van der Waals surface area contributed by atoms with Gasteiger partial charge in [0.05, 0.1) is 38.0 Å². The van der Waals surface area contributed by atoms with Gasteiger partial charge in [-0.25, -0.2) is 9.48 Å². The van der Waals surface area contributed by atoms with Gasteiger partial charge in [-0.15, -0.1) is 0 Å². The van der Waals surface area contributed by atoms with Crippen molar-refractivity contribution < 1.29 is 0 Å². The molecule has 0 aliphatic carbocycles. The number of aliphatic imine (C=N–C) groups is 1. The maximum absolute atomic E-state index is 13.3. The van der Waals surface area contributed by atoms with Crippen molar-refractivity contribution >= 4 is 63.4 Å². The second kappa shape index (κ2) is 9.50. The van der Waals surface area contributed by atoms with Crippen molar-refractivity contribution in [2.24, 2.45) is 19.1 Å². The van der Waals surface area contributed by atoms with E-state index in [0.717, 1.165) is 42.7 Å². The number of anilines is 1. The summed E-state index contributed by atoms with van der Waals surface area (Å²) in [6.07, 6.45) is 4.94. The number of hydrogen-bond acceptors (Lipinski definition) is 4. The van der Waals surface area contributed by atoms with Crippen molar-refractivity contribution in [2.75, 3.05) is 18.0 Å². The van der Waals surface area contributed by atoms with Crippen LogP contribution in [-0.4, -0.2) is 38.2 Å². The number of aryl methyl sites for hydroxylation is 3. The first-order valence-electron chi connectivity index (χ1n) is 11.6. The number of benzene rings is 2. The van der Waals surface area contributed by atoms with Gasteiger partial charge in [0.1, 0.15) is 5.69 Å². The minimum atomic E-state index is -0.338. The highest BCUT2D eigenvalue weighted by Crippen LogP contribution is 2.35. The lowest BCUT2D eigenvalue weighted by molar-refractivity contribution is 0.578. The summed E-state index contributed by atoms with van der Waals surface area (Å²) in [4.78, 5) is 32.9. The average Bonchev–Trinajstić information content (AvgIpc) is 3.24. The molecule has 2 aromatic heterocycles. The molecule has 188 valence electrons. The van der Waals surface area contributed by atoms with E-state index in [9.17, 15) is 9.59 Å². The first-order valence-corrected chi connectivity index (χ1v) is 12.8. The molecular formula is C25H25Cl3N6O2. The van der Waals surface area contributed by atoms with Gasteiger partial charge >= 0.3 is 5.69 Å². The highest BCUT2D eigenvalue weighted by molar-refractivity contribution is 6.40. The first-order chi connectivity index (χ1) is 17.2. The first kappa shape index (κ1) is 24.7. The predicted molar refractivity (Wildman–Crippen MR) is 148 cm³/mol. The van der Waals surface area contributed by atoms with E-state index in [0.29, 0.717) is 27.7 Å². The third-order valence-electron chi connectivity index (χ3n) is 6.72. The number of rotatable bonds is 4. The van der Waals surface area contributed by atoms with Crippen LogP contribution in [-0.2, 0) is 14.1 Å². The molecule has 0 unspecified atom stereocenters. The van der Waals surface area contributed by atoms with Crippen LogP contribution in [0.4, 0.5) is 11.4 Å². The SMILES string of the molecule is Cc1[nH]n(-c2c(Cl)cc(Cl)cc2Cl)c(=O)c1C=Nc1cc2c(cc1N1CCCCC1)n(C)c(=O)n2C. The van der Waals surface area contributed by atoms with Crippen molar-refractivity contribution in [1.82, 2.24) is 18.9 Å². The monoisotopic (exact) mass is 546 g/mol. The predicted octanol–water partition coefficient (Wildman–Crippen LogP) is 5.37. The second-order valence-corrected chi connectivity index (χ2v) is 10.3. The molecule has 0 radical (unpaired) electrons. The fourth-order valence-electron chi connectivity index (χ4n) is 4.77. The lowest BCUT2D eigenvalue weighted by Crippen LogP contribution is -2.29. The van der Waals surface area contributed by atoms with Crippen LogP contribution in [0.2, 0.25) is 15.1 Å². The number of aromatic nitrogens is 4. The highest BCUT2D eigenvalue weighted by atomic mass is 35.5. The fourth-order valence-corrected chi connectivity index (χ4v) is 5.75. The number of hydrogen-bond donors (Lipinski definition) is 1. The van der Waals surface area contributed by atoms with Crippen LogP contribution >= 0.6 is 34.8 Å². The Labute approximate surface area is 222 Å². The van der Waals surface area contributed by atoms with E-state index in [4.69, 9.17) is 39.8 Å². The number of nitrogens with one attached hydrogen (secondary N) is 1. The van der Waals surface area contributed by atoms with Crippen LogP contribution in [0.3, 0.4) is 0 Å². The smallest absolute Gasteiger partial charge is 0.328 e. The van der Waals surface area contributed by atoms with E-state index in [1.165, 1.54) is 23.2 Å². The average molecular weight is 548 g/mol. The molecule has 4 aromatic rings. The molecule has 36 heavy (non-hydrogen) atoms. The van der Waals surface area contributed by atoms with Gasteiger partial charge in [-0.1, -0.05) is 34.8 Å². The maximum Gasteiger partial charge on any atom is 0.328 e. The topological polar surface area (TPSA) is 80.3 Å². The molecule has 1 N–H and O–H groups in total. The van der Waals surface area contributed by atoms with Crippen molar-refractivity contribution in [2.45, 2.75) is 26.2 Å². The second-order valence-electron chi connectivity index (χ2n) is 9.05. The number of halogens is 3. The van der Waals surface area contributed by atoms with E-state index in [1.54, 1.807) is 36.4 Å². The zero-order chi connectivity index (χ0) is 25.7. The molecule has 1 aliphatic rings. The van der Waals surface area contributed by atoms with Crippen molar-refractivity contribution in [3.05, 3.63) is 71.4 Å². The molecular weight excluding hydrogens is 523 g/mol. The lowest BCUT2D eigenvalue weighted by atomic mass is 10.1. The number of imidazole rings is 1. The fraction of sp³-hybridized carbons (Fsp3) is 0.320. The van der Waals surface area contributed by atoms with Gasteiger partial charge in [-0.3, -0.25) is 24.0 Å². The Morgan fingerprint density at radius 3 is 2.17 bits per heavy atom. The van der Waals surface area contributed by atoms with E-state index in [1.807, 2.05) is 12.1 Å². The normalized spacial score (nSPS) is 14.4. The molecule has 1 fully saturated rings. The van der Waals surface area contributed by atoms with Crippen molar-refractivity contribution in [3.63, 3.8) is 0 Å². The van der Waals surface area contributed by atoms with E-state index < -0.39 is 0 Å². The zero-order valence-corrected chi connectivity index (χ0v) is 22.4. The molecule has 0 saturated carbocycles. The summed E-state index contributed by atoms with van der Waals surface area (Å²) >= 11 is 18.7. The largest absolute Gasteiger partial charge is 0.370 e. The summed E-state index contributed by atoms with van der Waals surface area (Å²) in [5, 5.41) is 3.92. The lowest BCUT2D eigenvalue weighted by Gasteiger charge is -2.30. The molecule has 5 rings (SSSR count). The van der Waals surface area contributed by atoms with Crippen LogP contribution < -0.4 is 16.1 Å². The number of fused-ring (bicyclic) bond motifs is 1. The van der Waals surface area contributed by atoms with Crippen molar-refractivity contribution in [1.29, 1.82) is 0 Å². The summed E-state index contributed by atoms with van der Waals surface area (Å²) in [6.45, 7) is 3.61. The molecule has 1 aliphatic heterocycles. The van der Waals surface area contributed by atoms with E-state index in [2.05, 4.69) is 10.00 Å². The molecule has 0 amide bonds. The Balaban J connectivity index is 1.63. The quantitative estimate of drug-likeness (QED) is 0.349. The standard InChI is InChI=1S/C25H25Cl3N6O2/c1-14-16(24(35)34(30-14)23-17(27)9-15(26)10-18(23)28)13-29-19-11-21-22(32(3)25(36)31(21)2)12-20(19)33-7-5-4-6-8-33/h9-13,30H,4-8H2,1-3H3. The Morgan fingerprint density at radius 1 is 0.917 bits per heavy atom. The summed E-state index contributed by atoms with van der Waals surface area (Å²) in [7, 11) is 3.51. The van der Waals surface area contributed by atoms with Gasteiger partial charge in [0.25, 0.3) is 5.56 Å². The Hall–Kier alpha value is -2.94. The third kappa shape index (κ3) is 4.17. The zero-order valence-electron chi connectivity index (χ0n) is 20.1. The van der Waals surface area contributed by atoms with Crippen LogP contribution in [0, 0.1) is 6.92 Å². The van der Waals surface area contributed by atoms with E-state index >= 15 is 0 Å². The summed E-state index contributed by atoms with van der Waals surface area (Å²) in [5.74, 6) is 0. The van der Waals surface area contributed by atoms with Crippen LogP contribution in [0.25, 0.3) is 16.7 Å². The number of piperidine rings is 1. The summed E-state index contributed by atoms with van der Waals surface area (Å²) < 4.78 is 4.55. The maximum atomic E-state index is 13.3. The number of aromatic amines is 1. The van der Waals surface area contributed by atoms with Gasteiger partial charge in [0.2, 0.25) is 0 Å². The van der Waals surface area contributed by atoms with Crippen molar-refractivity contribution in [3.8, 4) is 5.69 Å². The molecule has 8 nitrogen and oxygen atoms in total. The Morgan fingerprint density at radius 2 is 1.53 bits per heavy atom. The minimum Gasteiger partial charge on any atom is -0.370 e. The molecule has 11 heteroatoms. The van der Waals surface area contributed by atoms with Gasteiger partial charge < -0.3 is 4.90 Å². The molecule has 3 heterocycles. The van der Waals surface area contributed by atoms with Gasteiger partial charge in [0, 0.05) is 44.1 Å². The number of H-pyrrole nitrogens is 1.